The number of carbonyl (C=O) groups is 1. The summed E-state index contributed by atoms with van der Waals surface area (Å²) in [5.41, 5.74) is 6.50. The fourth-order valence-corrected chi connectivity index (χ4v) is 1.79. The highest BCUT2D eigenvalue weighted by atomic mass is 16.5. The van der Waals surface area contributed by atoms with E-state index in [-0.39, 0.29) is 11.8 Å². The van der Waals surface area contributed by atoms with Crippen LogP contribution in [-0.2, 0) is 4.79 Å². The molecule has 0 spiro atoms. The maximum absolute atomic E-state index is 11.9. The maximum Gasteiger partial charge on any atom is 0.241 e. The molecule has 2 aromatic carbocycles. The lowest BCUT2D eigenvalue weighted by atomic mass is 10.0. The van der Waals surface area contributed by atoms with E-state index < -0.39 is 6.04 Å². The molecule has 1 atom stereocenters. The van der Waals surface area contributed by atoms with E-state index in [0.29, 0.717) is 11.4 Å². The molecule has 0 aromatic heterocycles. The van der Waals surface area contributed by atoms with Gasteiger partial charge in [0, 0.05) is 11.8 Å². The van der Waals surface area contributed by atoms with E-state index in [1.54, 1.807) is 6.07 Å². The Balaban J connectivity index is 2.06. The number of ether oxygens (including phenoxy) is 1. The number of nitrogens with two attached hydrogens (primary N) is 1. The van der Waals surface area contributed by atoms with Crippen LogP contribution in [-0.4, -0.2) is 11.9 Å². The Labute approximate surface area is 124 Å². The van der Waals surface area contributed by atoms with Crippen molar-refractivity contribution in [1.82, 2.24) is 0 Å². The van der Waals surface area contributed by atoms with Gasteiger partial charge in [-0.05, 0) is 30.2 Å². The molecule has 1 amide bonds. The molecule has 0 unspecified atom stereocenters. The Morgan fingerprint density at radius 1 is 1.05 bits per heavy atom. The van der Waals surface area contributed by atoms with Crippen LogP contribution in [0, 0.1) is 5.92 Å². The average Bonchev–Trinajstić information content (AvgIpc) is 2.47. The van der Waals surface area contributed by atoms with Crippen molar-refractivity contribution in [2.45, 2.75) is 19.9 Å². The second kappa shape index (κ2) is 6.90. The number of hydrogen-bond donors (Lipinski definition) is 2. The zero-order chi connectivity index (χ0) is 15.2. The third-order valence-electron chi connectivity index (χ3n) is 3.10. The lowest BCUT2D eigenvalue weighted by Gasteiger charge is -2.15. The molecule has 2 rings (SSSR count). The van der Waals surface area contributed by atoms with Crippen LogP contribution in [0.1, 0.15) is 13.8 Å². The van der Waals surface area contributed by atoms with Crippen LogP contribution in [0.25, 0.3) is 0 Å². The van der Waals surface area contributed by atoms with Crippen molar-refractivity contribution in [3.63, 3.8) is 0 Å². The van der Waals surface area contributed by atoms with Crippen molar-refractivity contribution in [3.05, 3.63) is 54.6 Å². The molecule has 21 heavy (non-hydrogen) atoms. The fourth-order valence-electron chi connectivity index (χ4n) is 1.79. The molecular weight excluding hydrogens is 264 g/mol. The summed E-state index contributed by atoms with van der Waals surface area (Å²) >= 11 is 0. The van der Waals surface area contributed by atoms with Gasteiger partial charge in [0.2, 0.25) is 5.91 Å². The van der Waals surface area contributed by atoms with Crippen molar-refractivity contribution in [2.24, 2.45) is 11.7 Å². The molecule has 0 fully saturated rings. The Kier molecular flexibility index (Phi) is 4.95. The molecule has 0 bridgehead atoms. The van der Waals surface area contributed by atoms with Crippen molar-refractivity contribution >= 4 is 11.6 Å². The van der Waals surface area contributed by atoms with E-state index in [0.717, 1.165) is 5.75 Å². The fraction of sp³-hybridized carbons (Fsp3) is 0.235. The highest BCUT2D eigenvalue weighted by Gasteiger charge is 2.17. The van der Waals surface area contributed by atoms with Gasteiger partial charge < -0.3 is 15.8 Å². The van der Waals surface area contributed by atoms with Gasteiger partial charge in [-0.2, -0.15) is 0 Å². The van der Waals surface area contributed by atoms with E-state index in [1.165, 1.54) is 0 Å². The average molecular weight is 284 g/mol. The lowest BCUT2D eigenvalue weighted by molar-refractivity contribution is -0.118. The summed E-state index contributed by atoms with van der Waals surface area (Å²) in [5, 5.41) is 2.81. The van der Waals surface area contributed by atoms with Gasteiger partial charge in [0.05, 0.1) is 6.04 Å². The van der Waals surface area contributed by atoms with Gasteiger partial charge >= 0.3 is 0 Å². The van der Waals surface area contributed by atoms with Gasteiger partial charge in [-0.15, -0.1) is 0 Å². The summed E-state index contributed by atoms with van der Waals surface area (Å²) in [5.74, 6) is 1.31. The molecule has 2 aromatic rings. The van der Waals surface area contributed by atoms with E-state index in [9.17, 15) is 4.79 Å². The molecule has 0 radical (unpaired) electrons. The Morgan fingerprint density at radius 3 is 2.38 bits per heavy atom. The SMILES string of the molecule is CC(C)[C@H](N)C(=O)Nc1cccc(Oc2ccccc2)c1. The van der Waals surface area contributed by atoms with E-state index in [1.807, 2.05) is 62.4 Å². The molecule has 110 valence electrons. The number of amides is 1. The van der Waals surface area contributed by atoms with Gasteiger partial charge in [-0.1, -0.05) is 38.1 Å². The van der Waals surface area contributed by atoms with Crippen LogP contribution in [0.15, 0.2) is 54.6 Å². The van der Waals surface area contributed by atoms with E-state index in [2.05, 4.69) is 5.32 Å². The van der Waals surface area contributed by atoms with E-state index >= 15 is 0 Å². The summed E-state index contributed by atoms with van der Waals surface area (Å²) in [6.07, 6.45) is 0. The Morgan fingerprint density at radius 2 is 1.71 bits per heavy atom. The second-order valence-corrected chi connectivity index (χ2v) is 5.20. The minimum Gasteiger partial charge on any atom is -0.457 e. The molecule has 0 saturated heterocycles. The minimum atomic E-state index is -0.524. The van der Waals surface area contributed by atoms with Gasteiger partial charge in [0.15, 0.2) is 0 Å². The number of benzene rings is 2. The third kappa shape index (κ3) is 4.33. The summed E-state index contributed by atoms with van der Waals surface area (Å²) in [6.45, 7) is 3.83. The number of anilines is 1. The number of carbonyl (C=O) groups excluding carboxylic acids is 1. The summed E-state index contributed by atoms with van der Waals surface area (Å²) in [4.78, 5) is 11.9. The molecule has 0 aliphatic rings. The predicted molar refractivity (Wildman–Crippen MR) is 84.4 cm³/mol. The molecule has 0 saturated carbocycles. The highest BCUT2D eigenvalue weighted by molar-refractivity contribution is 5.94. The van der Waals surface area contributed by atoms with Crippen molar-refractivity contribution in [2.75, 3.05) is 5.32 Å². The predicted octanol–water partition coefficient (Wildman–Crippen LogP) is 3.40. The smallest absolute Gasteiger partial charge is 0.241 e. The first-order valence-electron chi connectivity index (χ1n) is 6.95. The van der Waals surface area contributed by atoms with Crippen molar-refractivity contribution < 1.29 is 9.53 Å². The quantitative estimate of drug-likeness (QED) is 0.884. The molecule has 0 aliphatic carbocycles. The summed E-state index contributed by atoms with van der Waals surface area (Å²) in [6, 6.07) is 16.2. The number of nitrogens with one attached hydrogen (secondary N) is 1. The zero-order valence-corrected chi connectivity index (χ0v) is 12.2. The van der Waals surface area contributed by atoms with Crippen molar-refractivity contribution in [1.29, 1.82) is 0 Å². The van der Waals surface area contributed by atoms with Crippen LogP contribution >= 0.6 is 0 Å². The van der Waals surface area contributed by atoms with Crippen LogP contribution < -0.4 is 15.8 Å². The largest absolute Gasteiger partial charge is 0.457 e. The van der Waals surface area contributed by atoms with Gasteiger partial charge in [0.25, 0.3) is 0 Å². The first-order chi connectivity index (χ1) is 10.1. The standard InChI is InChI=1S/C17H20N2O2/c1-12(2)16(18)17(20)19-13-7-6-10-15(11-13)21-14-8-4-3-5-9-14/h3-12,16H,18H2,1-2H3,(H,19,20)/t16-/m0/s1. The topological polar surface area (TPSA) is 64.4 Å². The van der Waals surface area contributed by atoms with E-state index in [4.69, 9.17) is 10.5 Å². The second-order valence-electron chi connectivity index (χ2n) is 5.20. The zero-order valence-electron chi connectivity index (χ0n) is 12.2. The molecule has 4 heteroatoms. The summed E-state index contributed by atoms with van der Waals surface area (Å²) < 4.78 is 5.73. The Hall–Kier alpha value is -2.33. The van der Waals surface area contributed by atoms with Crippen LogP contribution in [0.5, 0.6) is 11.5 Å². The first-order valence-corrected chi connectivity index (χ1v) is 6.95. The van der Waals surface area contributed by atoms with Crippen molar-refractivity contribution in [3.8, 4) is 11.5 Å². The number of hydrogen-bond acceptors (Lipinski definition) is 3. The molecule has 3 N–H and O–H groups in total. The van der Waals surface area contributed by atoms with Crippen LogP contribution in [0.3, 0.4) is 0 Å². The molecule has 0 heterocycles. The van der Waals surface area contributed by atoms with Gasteiger partial charge in [-0.3, -0.25) is 4.79 Å². The monoisotopic (exact) mass is 284 g/mol. The highest BCUT2D eigenvalue weighted by Crippen LogP contribution is 2.23. The summed E-state index contributed by atoms with van der Waals surface area (Å²) in [7, 11) is 0. The normalized spacial score (nSPS) is 12.0. The molecule has 4 nitrogen and oxygen atoms in total. The van der Waals surface area contributed by atoms with Crippen LogP contribution in [0.2, 0.25) is 0 Å². The molecule has 0 aliphatic heterocycles. The maximum atomic E-state index is 11.9. The lowest BCUT2D eigenvalue weighted by Crippen LogP contribution is -2.39. The number of para-hydroxylation sites is 1. The minimum absolute atomic E-state index is 0.0914. The van der Waals surface area contributed by atoms with Gasteiger partial charge in [0.1, 0.15) is 11.5 Å². The number of rotatable bonds is 5. The third-order valence-corrected chi connectivity index (χ3v) is 3.10. The molecular formula is C17H20N2O2. The van der Waals surface area contributed by atoms with Gasteiger partial charge in [-0.25, -0.2) is 0 Å². The van der Waals surface area contributed by atoms with Crippen LogP contribution in [0.4, 0.5) is 5.69 Å². The Bertz CT molecular complexity index is 597. The first kappa shape index (κ1) is 15.1.